The number of nitrogens with one attached hydrogen (secondary N) is 1. The van der Waals surface area contributed by atoms with Crippen molar-refractivity contribution >= 4 is 16.7 Å². The van der Waals surface area contributed by atoms with Crippen LogP contribution in [0, 0.1) is 11.8 Å². The summed E-state index contributed by atoms with van der Waals surface area (Å²) >= 11 is 0. The number of hydrogen-bond donors (Lipinski definition) is 2. The third kappa shape index (κ3) is 4.51. The van der Waals surface area contributed by atoms with E-state index in [1.165, 1.54) is 24.9 Å². The zero-order valence-corrected chi connectivity index (χ0v) is 21.0. The first-order valence-electron chi connectivity index (χ1n) is 13.4. The Morgan fingerprint density at radius 2 is 1.92 bits per heavy atom. The highest BCUT2D eigenvalue weighted by Gasteiger charge is 2.53. The van der Waals surface area contributed by atoms with Gasteiger partial charge in [-0.3, -0.25) is 4.79 Å². The highest BCUT2D eigenvalue weighted by Crippen LogP contribution is 2.51. The fraction of sp³-hybridized carbons (Fsp3) is 0.452. The molecule has 188 valence electrons. The predicted octanol–water partition coefficient (Wildman–Crippen LogP) is 5.12. The molecule has 1 heterocycles. The van der Waals surface area contributed by atoms with Crippen LogP contribution >= 0.6 is 0 Å². The van der Waals surface area contributed by atoms with E-state index in [1.54, 1.807) is 6.07 Å². The van der Waals surface area contributed by atoms with Gasteiger partial charge in [-0.25, -0.2) is 0 Å². The lowest BCUT2D eigenvalue weighted by atomic mass is 9.57. The molecule has 5 nitrogen and oxygen atoms in total. The first-order chi connectivity index (χ1) is 17.5. The van der Waals surface area contributed by atoms with Crippen LogP contribution in [-0.2, 0) is 10.2 Å². The normalized spacial score (nSPS) is 28.5. The maximum atomic E-state index is 13.4. The molecule has 1 aliphatic heterocycles. The number of hydrogen-bond acceptors (Lipinski definition) is 4. The largest absolute Gasteiger partial charge is 0.508 e. The molecule has 3 aromatic rings. The minimum absolute atomic E-state index is 0.00232. The van der Waals surface area contributed by atoms with E-state index in [0.717, 1.165) is 49.0 Å². The number of fused-ring (bicyclic) bond motifs is 2. The number of ether oxygens (including phenoxy) is 1. The SMILES string of the molecule is COC1C[C@H](NC(=O)c2ccc3ccccc3c2)C[C@]2(c3cccc(O)c3)CCN(CC3CC3)C[C@@H]12. The van der Waals surface area contributed by atoms with E-state index in [1.807, 2.05) is 55.6 Å². The van der Waals surface area contributed by atoms with Gasteiger partial charge in [0.25, 0.3) is 5.91 Å². The molecule has 2 aliphatic carbocycles. The van der Waals surface area contributed by atoms with E-state index in [9.17, 15) is 9.90 Å². The average molecular weight is 485 g/mol. The second kappa shape index (κ2) is 9.53. The molecule has 6 rings (SSSR count). The van der Waals surface area contributed by atoms with Crippen LogP contribution in [0.25, 0.3) is 10.8 Å². The fourth-order valence-electron chi connectivity index (χ4n) is 6.87. The zero-order valence-electron chi connectivity index (χ0n) is 21.0. The summed E-state index contributed by atoms with van der Waals surface area (Å²) in [6.07, 6.45) is 5.43. The molecule has 36 heavy (non-hydrogen) atoms. The lowest BCUT2D eigenvalue weighted by Crippen LogP contribution is -2.61. The average Bonchev–Trinajstić information content (AvgIpc) is 3.72. The summed E-state index contributed by atoms with van der Waals surface area (Å²) in [5.74, 6) is 1.45. The van der Waals surface area contributed by atoms with Crippen molar-refractivity contribution in [3.63, 3.8) is 0 Å². The van der Waals surface area contributed by atoms with Crippen LogP contribution in [0.2, 0.25) is 0 Å². The van der Waals surface area contributed by atoms with Gasteiger partial charge in [-0.05, 0) is 85.2 Å². The van der Waals surface area contributed by atoms with E-state index in [-0.39, 0.29) is 23.5 Å². The van der Waals surface area contributed by atoms with Gasteiger partial charge in [-0.15, -0.1) is 0 Å². The number of rotatable bonds is 6. The summed E-state index contributed by atoms with van der Waals surface area (Å²) < 4.78 is 6.14. The molecule has 3 aromatic carbocycles. The Kier molecular flexibility index (Phi) is 6.22. The van der Waals surface area contributed by atoms with Crippen LogP contribution in [0.1, 0.15) is 48.0 Å². The summed E-state index contributed by atoms with van der Waals surface area (Å²) in [4.78, 5) is 16.0. The predicted molar refractivity (Wildman–Crippen MR) is 142 cm³/mol. The Hall–Kier alpha value is -2.89. The molecule has 0 spiro atoms. The van der Waals surface area contributed by atoms with Crippen LogP contribution in [-0.4, -0.2) is 54.8 Å². The summed E-state index contributed by atoms with van der Waals surface area (Å²) in [6.45, 7) is 3.24. The van der Waals surface area contributed by atoms with Crippen LogP contribution in [0.4, 0.5) is 0 Å². The van der Waals surface area contributed by atoms with E-state index in [2.05, 4.69) is 22.3 Å². The van der Waals surface area contributed by atoms with Crippen molar-refractivity contribution in [2.75, 3.05) is 26.7 Å². The van der Waals surface area contributed by atoms with Crippen molar-refractivity contribution in [2.24, 2.45) is 11.8 Å². The summed E-state index contributed by atoms with van der Waals surface area (Å²) in [5, 5.41) is 15.9. The number of carbonyl (C=O) groups excluding carboxylic acids is 1. The van der Waals surface area contributed by atoms with Gasteiger partial charge in [0.2, 0.25) is 0 Å². The van der Waals surface area contributed by atoms with Gasteiger partial charge in [0, 0.05) is 43.1 Å². The van der Waals surface area contributed by atoms with Crippen LogP contribution < -0.4 is 5.32 Å². The van der Waals surface area contributed by atoms with Crippen molar-refractivity contribution in [1.29, 1.82) is 0 Å². The molecule has 4 atom stereocenters. The van der Waals surface area contributed by atoms with E-state index in [0.29, 0.717) is 17.2 Å². The molecule has 1 saturated heterocycles. The maximum Gasteiger partial charge on any atom is 0.251 e. The zero-order chi connectivity index (χ0) is 24.7. The first-order valence-corrected chi connectivity index (χ1v) is 13.4. The van der Waals surface area contributed by atoms with Crippen molar-refractivity contribution in [2.45, 2.75) is 49.7 Å². The van der Waals surface area contributed by atoms with Crippen molar-refractivity contribution in [1.82, 2.24) is 10.2 Å². The van der Waals surface area contributed by atoms with Crippen LogP contribution in [0.5, 0.6) is 5.75 Å². The molecule has 5 heteroatoms. The van der Waals surface area contributed by atoms with Crippen molar-refractivity contribution in [3.8, 4) is 5.75 Å². The summed E-state index contributed by atoms with van der Waals surface area (Å²) in [5.41, 5.74) is 1.72. The maximum absolute atomic E-state index is 13.4. The lowest BCUT2D eigenvalue weighted by molar-refractivity contribution is -0.0678. The third-order valence-electron chi connectivity index (χ3n) is 8.90. The number of amides is 1. The summed E-state index contributed by atoms with van der Waals surface area (Å²) in [6, 6.07) is 21.8. The van der Waals surface area contributed by atoms with E-state index in [4.69, 9.17) is 4.74 Å². The smallest absolute Gasteiger partial charge is 0.251 e. The van der Waals surface area contributed by atoms with E-state index < -0.39 is 0 Å². The Morgan fingerprint density at radius 3 is 2.69 bits per heavy atom. The van der Waals surface area contributed by atoms with Gasteiger partial charge in [-0.1, -0.05) is 42.5 Å². The number of aromatic hydroxyl groups is 1. The second-order valence-corrected chi connectivity index (χ2v) is 11.2. The Morgan fingerprint density at radius 1 is 1.08 bits per heavy atom. The molecule has 0 aromatic heterocycles. The number of nitrogens with zero attached hydrogens (tertiary/aromatic N) is 1. The summed E-state index contributed by atoms with van der Waals surface area (Å²) in [7, 11) is 1.81. The number of likely N-dealkylation sites (tertiary alicyclic amines) is 1. The minimum atomic E-state index is -0.140. The number of phenols is 1. The molecular formula is C31H36N2O3. The molecule has 2 saturated carbocycles. The molecule has 3 aliphatic rings. The molecule has 0 bridgehead atoms. The molecule has 2 N–H and O–H groups in total. The van der Waals surface area contributed by atoms with Crippen LogP contribution in [0.3, 0.4) is 0 Å². The number of piperidine rings is 1. The standard InChI is InChI=1S/C31H36N2O3/c1-36-29-17-26(32-30(35)24-12-11-22-5-2-3-6-23(22)15-24)18-31(25-7-4-8-27(34)16-25)13-14-33(20-28(29)31)19-21-9-10-21/h2-8,11-12,15-16,21,26,28-29,34H,9-10,13-14,17-20H2,1H3,(H,32,35)/t26-,28-,29?,31-/m0/s1. The lowest BCUT2D eigenvalue weighted by Gasteiger charge is -2.55. The molecule has 1 unspecified atom stereocenters. The third-order valence-corrected chi connectivity index (χ3v) is 8.90. The Labute approximate surface area is 213 Å². The number of carbonyl (C=O) groups is 1. The van der Waals surface area contributed by atoms with Gasteiger partial charge in [0.15, 0.2) is 0 Å². The van der Waals surface area contributed by atoms with E-state index >= 15 is 0 Å². The highest BCUT2D eigenvalue weighted by molar-refractivity contribution is 5.98. The van der Waals surface area contributed by atoms with Gasteiger partial charge in [-0.2, -0.15) is 0 Å². The fourth-order valence-corrected chi connectivity index (χ4v) is 6.87. The monoisotopic (exact) mass is 484 g/mol. The van der Waals surface area contributed by atoms with Gasteiger partial charge in [0.1, 0.15) is 5.75 Å². The van der Waals surface area contributed by atoms with Crippen molar-refractivity contribution in [3.05, 3.63) is 77.9 Å². The Bertz CT molecular complexity index is 1260. The second-order valence-electron chi connectivity index (χ2n) is 11.2. The molecular weight excluding hydrogens is 448 g/mol. The number of methoxy groups -OCH3 is 1. The van der Waals surface area contributed by atoms with Gasteiger partial charge < -0.3 is 20.1 Å². The van der Waals surface area contributed by atoms with Gasteiger partial charge >= 0.3 is 0 Å². The molecule has 1 amide bonds. The van der Waals surface area contributed by atoms with Crippen molar-refractivity contribution < 1.29 is 14.6 Å². The van der Waals surface area contributed by atoms with Gasteiger partial charge in [0.05, 0.1) is 6.10 Å². The molecule has 3 fully saturated rings. The highest BCUT2D eigenvalue weighted by atomic mass is 16.5. The number of benzene rings is 3. The molecule has 0 radical (unpaired) electrons. The minimum Gasteiger partial charge on any atom is -0.508 e. The Balaban J connectivity index is 1.28. The first kappa shape index (κ1) is 23.5. The quantitative estimate of drug-likeness (QED) is 0.510. The number of phenolic OH excluding ortho intramolecular Hbond substituents is 1. The topological polar surface area (TPSA) is 61.8 Å². The van der Waals surface area contributed by atoms with Crippen LogP contribution in [0.15, 0.2) is 66.7 Å².